The van der Waals surface area contributed by atoms with Gasteiger partial charge in [0.25, 0.3) is 5.89 Å². The van der Waals surface area contributed by atoms with Crippen molar-refractivity contribution in [2.45, 2.75) is 12.8 Å². The second-order valence-electron chi connectivity index (χ2n) is 6.28. The minimum absolute atomic E-state index is 0.0952. The molecule has 1 fully saturated rings. The van der Waals surface area contributed by atoms with Crippen molar-refractivity contribution in [2.24, 2.45) is 5.10 Å². The van der Waals surface area contributed by atoms with E-state index in [2.05, 4.69) is 15.2 Å². The Morgan fingerprint density at radius 1 is 1.11 bits per heavy atom. The number of morpholine rings is 1. The molecule has 2 aliphatic rings. The molecule has 27 heavy (non-hydrogen) atoms. The number of benzene rings is 1. The monoisotopic (exact) mass is 369 g/mol. The Bertz CT molecular complexity index is 858. The lowest BCUT2D eigenvalue weighted by Gasteiger charge is -2.29. The van der Waals surface area contributed by atoms with Gasteiger partial charge in [-0.25, -0.2) is 5.01 Å². The van der Waals surface area contributed by atoms with Crippen molar-refractivity contribution in [3.8, 4) is 11.4 Å². The number of aromatic nitrogens is 2. The van der Waals surface area contributed by atoms with Crippen LogP contribution in [0.4, 0.5) is 0 Å². The predicted molar refractivity (Wildman–Crippen MR) is 94.6 cm³/mol. The third-order valence-electron chi connectivity index (χ3n) is 4.46. The van der Waals surface area contributed by atoms with Crippen molar-refractivity contribution in [1.82, 2.24) is 20.0 Å². The third-order valence-corrected chi connectivity index (χ3v) is 4.46. The van der Waals surface area contributed by atoms with E-state index in [-0.39, 0.29) is 30.7 Å². The number of hydrogen-bond donors (Lipinski definition) is 0. The van der Waals surface area contributed by atoms with Crippen LogP contribution >= 0.6 is 0 Å². The minimum atomic E-state index is -0.192. The second-order valence-corrected chi connectivity index (χ2v) is 6.28. The Morgan fingerprint density at radius 3 is 2.67 bits per heavy atom. The summed E-state index contributed by atoms with van der Waals surface area (Å²) in [6.07, 6.45) is 0.649. The molecule has 4 rings (SSSR count). The lowest BCUT2D eigenvalue weighted by molar-refractivity contribution is -0.143. The molecule has 1 saturated heterocycles. The molecule has 9 heteroatoms. The molecule has 0 saturated carbocycles. The molecule has 1 aromatic heterocycles. The van der Waals surface area contributed by atoms with Crippen molar-refractivity contribution in [1.29, 1.82) is 0 Å². The number of nitrogens with zero attached hydrogens (tertiary/aromatic N) is 5. The van der Waals surface area contributed by atoms with E-state index in [1.54, 1.807) is 4.90 Å². The zero-order valence-corrected chi connectivity index (χ0v) is 14.7. The molecule has 2 aliphatic heterocycles. The van der Waals surface area contributed by atoms with Crippen molar-refractivity contribution < 1.29 is 18.8 Å². The molecule has 140 valence electrons. The molecule has 2 aromatic rings. The summed E-state index contributed by atoms with van der Waals surface area (Å²) >= 11 is 0. The van der Waals surface area contributed by atoms with Crippen LogP contribution in [0.3, 0.4) is 0 Å². The smallest absolute Gasteiger partial charge is 0.274 e. The van der Waals surface area contributed by atoms with Gasteiger partial charge in [-0.1, -0.05) is 35.5 Å². The SMILES string of the molecule is O=C(CN1N=C(c2nc(-c3ccccc3)no2)CCC1=O)N1CCOCC1. The van der Waals surface area contributed by atoms with Crippen LogP contribution in [0, 0.1) is 0 Å². The highest BCUT2D eigenvalue weighted by Crippen LogP contribution is 2.19. The van der Waals surface area contributed by atoms with E-state index in [4.69, 9.17) is 9.26 Å². The van der Waals surface area contributed by atoms with E-state index in [1.165, 1.54) is 5.01 Å². The lowest BCUT2D eigenvalue weighted by atomic mass is 10.1. The molecule has 0 radical (unpaired) electrons. The van der Waals surface area contributed by atoms with Crippen LogP contribution in [0.5, 0.6) is 0 Å². The Kier molecular flexibility index (Phi) is 4.93. The third kappa shape index (κ3) is 3.87. The number of hydrogen-bond acceptors (Lipinski definition) is 7. The van der Waals surface area contributed by atoms with Crippen LogP contribution in [0.1, 0.15) is 18.7 Å². The molecule has 0 bridgehead atoms. The number of carbonyl (C=O) groups is 2. The first-order valence-corrected chi connectivity index (χ1v) is 8.83. The van der Waals surface area contributed by atoms with Gasteiger partial charge in [-0.2, -0.15) is 10.1 Å². The largest absolute Gasteiger partial charge is 0.378 e. The highest BCUT2D eigenvalue weighted by Gasteiger charge is 2.28. The van der Waals surface area contributed by atoms with E-state index >= 15 is 0 Å². The first-order chi connectivity index (χ1) is 13.2. The van der Waals surface area contributed by atoms with Crippen LogP contribution in [-0.4, -0.2) is 70.4 Å². The zero-order valence-electron chi connectivity index (χ0n) is 14.7. The average molecular weight is 369 g/mol. The molecule has 0 atom stereocenters. The molecular formula is C18H19N5O4. The number of carbonyl (C=O) groups excluding carboxylic acids is 2. The highest BCUT2D eigenvalue weighted by molar-refractivity contribution is 6.01. The van der Waals surface area contributed by atoms with Crippen molar-refractivity contribution >= 4 is 17.5 Å². The summed E-state index contributed by atoms with van der Waals surface area (Å²) in [6.45, 7) is 1.99. The molecule has 0 aliphatic carbocycles. The van der Waals surface area contributed by atoms with Gasteiger partial charge in [-0.05, 0) is 0 Å². The van der Waals surface area contributed by atoms with Gasteiger partial charge >= 0.3 is 0 Å². The fourth-order valence-electron chi connectivity index (χ4n) is 2.97. The maximum absolute atomic E-state index is 12.4. The first kappa shape index (κ1) is 17.3. The maximum atomic E-state index is 12.4. The van der Waals surface area contributed by atoms with Gasteiger partial charge in [0.2, 0.25) is 17.6 Å². The fourth-order valence-corrected chi connectivity index (χ4v) is 2.97. The number of hydrazone groups is 1. The van der Waals surface area contributed by atoms with Gasteiger partial charge in [-0.3, -0.25) is 9.59 Å². The van der Waals surface area contributed by atoms with Crippen molar-refractivity contribution in [3.05, 3.63) is 36.2 Å². The van der Waals surface area contributed by atoms with Crippen LogP contribution in [0.2, 0.25) is 0 Å². The lowest BCUT2D eigenvalue weighted by Crippen LogP contribution is -2.46. The number of rotatable bonds is 4. The normalized spacial score (nSPS) is 17.8. The standard InChI is InChI=1S/C18H19N5O4/c24-15-7-6-14(18-19-17(21-27-18)13-4-2-1-3-5-13)20-23(15)12-16(25)22-8-10-26-11-9-22/h1-5H,6-12H2. The Morgan fingerprint density at radius 2 is 1.89 bits per heavy atom. The Hall–Kier alpha value is -3.07. The van der Waals surface area contributed by atoms with E-state index in [0.29, 0.717) is 44.3 Å². The van der Waals surface area contributed by atoms with Crippen molar-refractivity contribution in [3.63, 3.8) is 0 Å². The van der Waals surface area contributed by atoms with E-state index in [1.807, 2.05) is 30.3 Å². The van der Waals surface area contributed by atoms with E-state index < -0.39 is 0 Å². The quantitative estimate of drug-likeness (QED) is 0.794. The minimum Gasteiger partial charge on any atom is -0.378 e. The zero-order chi connectivity index (χ0) is 18.6. The summed E-state index contributed by atoms with van der Waals surface area (Å²) in [5, 5.41) is 9.48. The first-order valence-electron chi connectivity index (χ1n) is 8.83. The summed E-state index contributed by atoms with van der Waals surface area (Å²) in [5.74, 6) is 0.390. The van der Waals surface area contributed by atoms with Crippen LogP contribution in [0.15, 0.2) is 40.0 Å². The van der Waals surface area contributed by atoms with Crippen LogP contribution in [-0.2, 0) is 14.3 Å². The van der Waals surface area contributed by atoms with Gasteiger partial charge in [0.15, 0.2) is 0 Å². The molecule has 0 spiro atoms. The van der Waals surface area contributed by atoms with Gasteiger partial charge in [0.1, 0.15) is 12.3 Å². The summed E-state index contributed by atoms with van der Waals surface area (Å²) in [4.78, 5) is 30.6. The average Bonchev–Trinajstić information content (AvgIpc) is 3.21. The predicted octanol–water partition coefficient (Wildman–Crippen LogP) is 0.922. The number of amides is 2. The topological polar surface area (TPSA) is 101 Å². The van der Waals surface area contributed by atoms with Crippen molar-refractivity contribution in [2.75, 3.05) is 32.8 Å². The second kappa shape index (κ2) is 7.67. The van der Waals surface area contributed by atoms with Gasteiger partial charge in [-0.15, -0.1) is 0 Å². The Balaban J connectivity index is 1.49. The van der Waals surface area contributed by atoms with Gasteiger partial charge in [0.05, 0.1) is 13.2 Å². The van der Waals surface area contributed by atoms with Gasteiger partial charge in [0, 0.05) is 31.5 Å². The van der Waals surface area contributed by atoms with E-state index in [0.717, 1.165) is 5.56 Å². The fraction of sp³-hybridized carbons (Fsp3) is 0.389. The van der Waals surface area contributed by atoms with Crippen LogP contribution < -0.4 is 0 Å². The van der Waals surface area contributed by atoms with E-state index in [9.17, 15) is 9.59 Å². The summed E-state index contributed by atoms with van der Waals surface area (Å²) < 4.78 is 10.6. The molecule has 9 nitrogen and oxygen atoms in total. The van der Waals surface area contributed by atoms with Crippen LogP contribution in [0.25, 0.3) is 11.4 Å². The molecule has 0 N–H and O–H groups in total. The molecule has 3 heterocycles. The maximum Gasteiger partial charge on any atom is 0.274 e. The number of ether oxygens (including phenoxy) is 1. The molecule has 1 aromatic carbocycles. The molecular weight excluding hydrogens is 350 g/mol. The molecule has 2 amide bonds. The summed E-state index contributed by atoms with van der Waals surface area (Å²) in [7, 11) is 0. The Labute approximate surface area is 155 Å². The summed E-state index contributed by atoms with van der Waals surface area (Å²) in [6, 6.07) is 9.45. The molecule has 0 unspecified atom stereocenters. The highest BCUT2D eigenvalue weighted by atomic mass is 16.5. The summed E-state index contributed by atoms with van der Waals surface area (Å²) in [5.41, 5.74) is 1.35. The van der Waals surface area contributed by atoms with Gasteiger partial charge < -0.3 is 14.2 Å².